The molecule has 1 heterocycles. The summed E-state index contributed by atoms with van der Waals surface area (Å²) in [5.41, 5.74) is -1.77. The zero-order valence-electron chi connectivity index (χ0n) is 15.7. The highest BCUT2D eigenvalue weighted by atomic mass is 16.4. The Labute approximate surface area is 165 Å². The molecular formula is C19H18N4O6. The van der Waals surface area contributed by atoms with E-state index in [0.29, 0.717) is 6.42 Å². The maximum atomic E-state index is 12.7. The summed E-state index contributed by atoms with van der Waals surface area (Å²) in [4.78, 5) is 35.2. The van der Waals surface area contributed by atoms with E-state index < -0.39 is 23.4 Å². The number of nitrogens with zero attached hydrogens (tertiary/aromatic N) is 4. The molecule has 0 bridgehead atoms. The van der Waals surface area contributed by atoms with Gasteiger partial charge in [-0.05, 0) is 31.5 Å². The Morgan fingerprint density at radius 3 is 2.45 bits per heavy atom. The third-order valence-electron chi connectivity index (χ3n) is 4.24. The van der Waals surface area contributed by atoms with Crippen LogP contribution in [0.3, 0.4) is 0 Å². The van der Waals surface area contributed by atoms with E-state index in [4.69, 9.17) is 5.11 Å². The van der Waals surface area contributed by atoms with Crippen molar-refractivity contribution in [3.8, 4) is 11.9 Å². The van der Waals surface area contributed by atoms with Crippen molar-refractivity contribution in [3.05, 3.63) is 50.8 Å². The monoisotopic (exact) mass is 398 g/mol. The lowest BCUT2D eigenvalue weighted by atomic mass is 10.1. The van der Waals surface area contributed by atoms with E-state index in [9.17, 15) is 29.9 Å². The summed E-state index contributed by atoms with van der Waals surface area (Å²) in [6.45, 7) is 3.46. The van der Waals surface area contributed by atoms with Crippen LogP contribution in [0.15, 0.2) is 33.2 Å². The molecule has 0 fully saturated rings. The van der Waals surface area contributed by atoms with E-state index in [2.05, 4.69) is 10.2 Å². The van der Waals surface area contributed by atoms with Crippen LogP contribution in [0, 0.1) is 18.3 Å². The third kappa shape index (κ3) is 4.30. The second kappa shape index (κ2) is 8.79. The van der Waals surface area contributed by atoms with Gasteiger partial charge in [-0.3, -0.25) is 9.36 Å². The predicted octanol–water partition coefficient (Wildman–Crippen LogP) is 3.35. The van der Waals surface area contributed by atoms with Crippen LogP contribution in [0.2, 0.25) is 0 Å². The number of carboxylic acid groups (broad SMARTS) is 2. The lowest BCUT2D eigenvalue weighted by molar-refractivity contribution is 0.0682. The van der Waals surface area contributed by atoms with Crippen LogP contribution in [0.25, 0.3) is 0 Å². The highest BCUT2D eigenvalue weighted by molar-refractivity contribution is 5.96. The predicted molar refractivity (Wildman–Crippen MR) is 101 cm³/mol. The molecule has 1 aromatic carbocycles. The molecule has 0 saturated carbocycles. The van der Waals surface area contributed by atoms with Gasteiger partial charge >= 0.3 is 11.9 Å². The van der Waals surface area contributed by atoms with Gasteiger partial charge in [0, 0.05) is 12.1 Å². The number of benzene rings is 1. The second-order valence-corrected chi connectivity index (χ2v) is 6.14. The number of aromatic carboxylic acids is 2. The average Bonchev–Trinajstić information content (AvgIpc) is 2.67. The summed E-state index contributed by atoms with van der Waals surface area (Å²) in [5, 5.41) is 45.5. The molecule has 150 valence electrons. The molecule has 2 aromatic rings. The van der Waals surface area contributed by atoms with Gasteiger partial charge in [-0.25, -0.2) is 9.59 Å². The first-order chi connectivity index (χ1) is 13.7. The molecule has 3 N–H and O–H groups in total. The maximum absolute atomic E-state index is 12.7. The van der Waals surface area contributed by atoms with Crippen molar-refractivity contribution in [3.63, 3.8) is 0 Å². The first-order valence-electron chi connectivity index (χ1n) is 8.61. The van der Waals surface area contributed by atoms with Gasteiger partial charge in [0.25, 0.3) is 5.56 Å². The normalized spacial score (nSPS) is 10.8. The molecule has 2 rings (SSSR count). The summed E-state index contributed by atoms with van der Waals surface area (Å²) in [6, 6.07) is 5.02. The number of aromatic hydroxyl groups is 1. The molecule has 0 unspecified atom stereocenters. The molecule has 0 saturated heterocycles. The molecular weight excluding hydrogens is 380 g/mol. The zero-order chi connectivity index (χ0) is 21.7. The minimum atomic E-state index is -1.35. The fraction of sp³-hybridized carbons (Fsp3) is 0.263. The van der Waals surface area contributed by atoms with Gasteiger partial charge in [-0.1, -0.05) is 13.3 Å². The van der Waals surface area contributed by atoms with E-state index in [1.54, 1.807) is 0 Å². The van der Waals surface area contributed by atoms with Crippen molar-refractivity contribution in [1.29, 1.82) is 5.26 Å². The van der Waals surface area contributed by atoms with Crippen molar-refractivity contribution in [2.75, 3.05) is 0 Å². The minimum absolute atomic E-state index is 0.0813. The number of rotatable bonds is 7. The first-order valence-corrected chi connectivity index (χ1v) is 8.61. The Hall–Kier alpha value is -4.00. The van der Waals surface area contributed by atoms with Crippen LogP contribution in [0.1, 0.15) is 51.6 Å². The first kappa shape index (κ1) is 21.3. The van der Waals surface area contributed by atoms with E-state index in [0.717, 1.165) is 29.2 Å². The minimum Gasteiger partial charge on any atom is -0.493 e. The number of carboxylic acids is 2. The van der Waals surface area contributed by atoms with Crippen LogP contribution in [0.4, 0.5) is 11.4 Å². The SMILES string of the molecule is CCCCn1c(O)c(C#N)c(C)c(N=Nc2cc(C(=O)O)ccc2C(=O)O)c1=O. The van der Waals surface area contributed by atoms with Gasteiger partial charge in [0.05, 0.1) is 11.1 Å². The molecule has 10 nitrogen and oxygen atoms in total. The Morgan fingerprint density at radius 1 is 1.21 bits per heavy atom. The molecule has 0 aliphatic rings. The van der Waals surface area contributed by atoms with E-state index >= 15 is 0 Å². The summed E-state index contributed by atoms with van der Waals surface area (Å²) in [5.74, 6) is -3.11. The van der Waals surface area contributed by atoms with Crippen LogP contribution < -0.4 is 5.56 Å². The van der Waals surface area contributed by atoms with Gasteiger partial charge in [0.2, 0.25) is 5.88 Å². The lowest BCUT2D eigenvalue weighted by Crippen LogP contribution is -2.22. The Kier molecular flexibility index (Phi) is 6.46. The molecule has 10 heteroatoms. The molecule has 29 heavy (non-hydrogen) atoms. The number of carbonyl (C=O) groups is 2. The zero-order valence-corrected chi connectivity index (χ0v) is 15.7. The molecule has 0 atom stereocenters. The van der Waals surface area contributed by atoms with Crippen molar-refractivity contribution in [1.82, 2.24) is 4.57 Å². The fourth-order valence-corrected chi connectivity index (χ4v) is 2.61. The van der Waals surface area contributed by atoms with Crippen LogP contribution in [-0.4, -0.2) is 31.8 Å². The molecule has 0 spiro atoms. The van der Waals surface area contributed by atoms with Crippen molar-refractivity contribution in [2.24, 2.45) is 10.2 Å². The summed E-state index contributed by atoms with van der Waals surface area (Å²) < 4.78 is 1.01. The average molecular weight is 398 g/mol. The van der Waals surface area contributed by atoms with Crippen molar-refractivity contribution < 1.29 is 24.9 Å². The number of nitriles is 1. The third-order valence-corrected chi connectivity index (χ3v) is 4.24. The molecule has 0 radical (unpaired) electrons. The maximum Gasteiger partial charge on any atom is 0.337 e. The molecule has 0 aliphatic carbocycles. The number of aromatic nitrogens is 1. The van der Waals surface area contributed by atoms with E-state index in [1.807, 2.05) is 13.0 Å². The van der Waals surface area contributed by atoms with Crippen LogP contribution >= 0.6 is 0 Å². The summed E-state index contributed by atoms with van der Waals surface area (Å²) in [7, 11) is 0. The second-order valence-electron chi connectivity index (χ2n) is 6.14. The summed E-state index contributed by atoms with van der Waals surface area (Å²) in [6.07, 6.45) is 1.31. The standard InChI is InChI=1S/C19H18N4O6/c1-3-4-7-23-16(24)13(9-20)10(2)15(17(23)25)22-21-14-8-11(18(26)27)5-6-12(14)19(28)29/h5-6,8,24H,3-4,7H2,1-2H3,(H,26,27)(H,28,29). The van der Waals surface area contributed by atoms with E-state index in [1.165, 1.54) is 6.92 Å². The number of hydrogen-bond acceptors (Lipinski definition) is 7. The number of hydrogen-bond donors (Lipinski definition) is 3. The lowest BCUT2D eigenvalue weighted by Gasteiger charge is -2.12. The Balaban J connectivity index is 2.68. The summed E-state index contributed by atoms with van der Waals surface area (Å²) >= 11 is 0. The molecule has 0 amide bonds. The largest absolute Gasteiger partial charge is 0.493 e. The Morgan fingerprint density at radius 2 is 1.90 bits per heavy atom. The number of azo groups is 1. The molecule has 0 aliphatic heterocycles. The van der Waals surface area contributed by atoms with Crippen molar-refractivity contribution >= 4 is 23.3 Å². The van der Waals surface area contributed by atoms with Crippen molar-refractivity contribution in [2.45, 2.75) is 33.2 Å². The Bertz CT molecular complexity index is 1110. The van der Waals surface area contributed by atoms with Gasteiger partial charge in [0.15, 0.2) is 5.69 Å². The van der Waals surface area contributed by atoms with Crippen LogP contribution in [-0.2, 0) is 6.54 Å². The van der Waals surface area contributed by atoms with Crippen LogP contribution in [0.5, 0.6) is 5.88 Å². The highest BCUT2D eigenvalue weighted by Gasteiger charge is 2.19. The number of pyridine rings is 1. The van der Waals surface area contributed by atoms with E-state index in [-0.39, 0.29) is 40.2 Å². The van der Waals surface area contributed by atoms with Gasteiger partial charge < -0.3 is 15.3 Å². The fourth-order valence-electron chi connectivity index (χ4n) is 2.61. The quantitative estimate of drug-likeness (QED) is 0.601. The molecule has 1 aromatic heterocycles. The smallest absolute Gasteiger partial charge is 0.337 e. The topological polar surface area (TPSA) is 165 Å². The highest BCUT2D eigenvalue weighted by Crippen LogP contribution is 2.28. The number of unbranched alkanes of at least 4 members (excludes halogenated alkanes) is 1. The van der Waals surface area contributed by atoms with Gasteiger partial charge in [-0.15, -0.1) is 10.2 Å². The van der Waals surface area contributed by atoms with Gasteiger partial charge in [-0.2, -0.15) is 5.26 Å². The van der Waals surface area contributed by atoms with Gasteiger partial charge in [0.1, 0.15) is 17.3 Å².